The number of carbonyl (C=O) groups is 1. The molecule has 0 aliphatic carbocycles. The third-order valence-electron chi connectivity index (χ3n) is 4.26. The molecular weight excluding hydrogens is 357 g/mol. The predicted molar refractivity (Wildman–Crippen MR) is 92.8 cm³/mol. The van der Waals surface area contributed by atoms with Gasteiger partial charge in [0, 0.05) is 12.3 Å². The quantitative estimate of drug-likeness (QED) is 0.662. The second kappa shape index (κ2) is 6.38. The van der Waals surface area contributed by atoms with Crippen LogP contribution in [0, 0.1) is 5.82 Å². The number of ether oxygens (including phenoxy) is 2. The average molecular weight is 373 g/mol. The maximum atomic E-state index is 14.7. The monoisotopic (exact) mass is 373 g/mol. The Morgan fingerprint density at radius 1 is 1.48 bits per heavy atom. The standard InChI is InChI=1S/C17H16FN5O4/c1-8-3-2-6-26-16-9(13(19)24)7-10(18)15(22-16)23-12-11(27-8)4-5-20-14(12)21-17(23)25/h4-5,7-8H,2-3,6H2,1H3,(H2,19,24)(H,20,21,25)/t8-/m0/s1. The van der Waals surface area contributed by atoms with Crippen LogP contribution in [-0.4, -0.2) is 38.1 Å². The van der Waals surface area contributed by atoms with Crippen LogP contribution in [-0.2, 0) is 0 Å². The van der Waals surface area contributed by atoms with Crippen molar-refractivity contribution < 1.29 is 18.7 Å². The number of aromatic amines is 1. The third kappa shape index (κ3) is 2.88. The summed E-state index contributed by atoms with van der Waals surface area (Å²) < 4.78 is 27.2. The van der Waals surface area contributed by atoms with E-state index in [1.165, 1.54) is 6.20 Å². The largest absolute Gasteiger partial charge is 0.488 e. The number of nitrogens with two attached hydrogens (primary N) is 1. The van der Waals surface area contributed by atoms with Gasteiger partial charge in [-0.25, -0.2) is 18.7 Å². The lowest BCUT2D eigenvalue weighted by molar-refractivity contribution is 0.0994. The van der Waals surface area contributed by atoms with Crippen molar-refractivity contribution in [1.82, 2.24) is 19.5 Å². The molecule has 4 heterocycles. The second-order valence-electron chi connectivity index (χ2n) is 6.20. The van der Waals surface area contributed by atoms with Gasteiger partial charge in [0.1, 0.15) is 16.8 Å². The van der Waals surface area contributed by atoms with Crippen LogP contribution in [0.1, 0.15) is 30.1 Å². The number of pyridine rings is 2. The van der Waals surface area contributed by atoms with E-state index in [0.717, 1.165) is 10.6 Å². The highest BCUT2D eigenvalue weighted by atomic mass is 19.1. The molecule has 0 saturated carbocycles. The van der Waals surface area contributed by atoms with Gasteiger partial charge in [-0.3, -0.25) is 9.78 Å². The summed E-state index contributed by atoms with van der Waals surface area (Å²) in [7, 11) is 0. The van der Waals surface area contributed by atoms with E-state index in [9.17, 15) is 14.0 Å². The van der Waals surface area contributed by atoms with Crippen molar-refractivity contribution in [1.29, 1.82) is 0 Å². The van der Waals surface area contributed by atoms with Gasteiger partial charge in [-0.05, 0) is 25.8 Å². The molecule has 1 aliphatic rings. The molecule has 0 spiro atoms. The Balaban J connectivity index is 2.06. The molecule has 1 aliphatic heterocycles. The van der Waals surface area contributed by atoms with Gasteiger partial charge in [0.2, 0.25) is 5.88 Å². The van der Waals surface area contributed by atoms with Gasteiger partial charge in [-0.2, -0.15) is 4.98 Å². The highest BCUT2D eigenvalue weighted by Crippen LogP contribution is 2.29. The first-order chi connectivity index (χ1) is 13.0. The number of rotatable bonds is 1. The molecule has 0 fully saturated rings. The number of primary amides is 1. The minimum Gasteiger partial charge on any atom is -0.488 e. The Labute approximate surface area is 151 Å². The summed E-state index contributed by atoms with van der Waals surface area (Å²) in [5, 5.41) is 0. The summed E-state index contributed by atoms with van der Waals surface area (Å²) in [5.41, 5.74) is 4.94. The molecule has 2 bridgehead atoms. The van der Waals surface area contributed by atoms with Crippen LogP contribution in [0.25, 0.3) is 17.0 Å². The lowest BCUT2D eigenvalue weighted by Crippen LogP contribution is -2.22. The molecule has 1 amide bonds. The highest BCUT2D eigenvalue weighted by molar-refractivity contribution is 5.95. The fraction of sp³-hybridized carbons (Fsp3) is 0.294. The zero-order valence-corrected chi connectivity index (χ0v) is 14.4. The summed E-state index contributed by atoms with van der Waals surface area (Å²) in [6, 6.07) is 2.51. The van der Waals surface area contributed by atoms with Gasteiger partial charge < -0.3 is 15.2 Å². The van der Waals surface area contributed by atoms with E-state index in [-0.39, 0.29) is 41.1 Å². The molecule has 1 atom stereocenters. The Morgan fingerprint density at radius 2 is 2.30 bits per heavy atom. The number of fused-ring (bicyclic) bond motifs is 3. The second-order valence-corrected chi connectivity index (χ2v) is 6.20. The summed E-state index contributed by atoms with van der Waals surface area (Å²) in [4.78, 5) is 34.9. The van der Waals surface area contributed by atoms with Crippen LogP contribution >= 0.6 is 0 Å². The Morgan fingerprint density at radius 3 is 3.07 bits per heavy atom. The van der Waals surface area contributed by atoms with E-state index in [4.69, 9.17) is 15.2 Å². The Kier molecular flexibility index (Phi) is 4.02. The van der Waals surface area contributed by atoms with Crippen molar-refractivity contribution in [3.8, 4) is 17.4 Å². The zero-order valence-electron chi connectivity index (χ0n) is 14.4. The minimum absolute atomic E-state index is 0.125. The van der Waals surface area contributed by atoms with Crippen LogP contribution in [0.15, 0.2) is 23.1 Å². The van der Waals surface area contributed by atoms with E-state index in [1.54, 1.807) is 6.07 Å². The number of amides is 1. The number of halogens is 1. The first kappa shape index (κ1) is 17.0. The van der Waals surface area contributed by atoms with Gasteiger partial charge >= 0.3 is 5.69 Å². The molecule has 9 nitrogen and oxygen atoms in total. The van der Waals surface area contributed by atoms with E-state index < -0.39 is 17.4 Å². The maximum Gasteiger partial charge on any atom is 0.333 e. The predicted octanol–water partition coefficient (Wildman–Crippen LogP) is 1.29. The molecule has 0 unspecified atom stereocenters. The molecule has 0 radical (unpaired) electrons. The summed E-state index contributed by atoms with van der Waals surface area (Å²) in [5.74, 6) is -1.87. The molecule has 0 aromatic carbocycles. The number of H-pyrrole nitrogens is 1. The normalized spacial score (nSPS) is 16.7. The van der Waals surface area contributed by atoms with Gasteiger partial charge in [0.15, 0.2) is 17.3 Å². The van der Waals surface area contributed by atoms with Crippen molar-refractivity contribution >= 4 is 17.1 Å². The number of carbonyl (C=O) groups excluding carboxylic acids is 1. The van der Waals surface area contributed by atoms with Crippen LogP contribution in [0.2, 0.25) is 0 Å². The van der Waals surface area contributed by atoms with Gasteiger partial charge in [-0.1, -0.05) is 0 Å². The van der Waals surface area contributed by atoms with Crippen LogP contribution in [0.5, 0.6) is 11.6 Å². The summed E-state index contributed by atoms with van der Waals surface area (Å²) >= 11 is 0. The maximum absolute atomic E-state index is 14.7. The number of hydrogen-bond donors (Lipinski definition) is 2. The van der Waals surface area contributed by atoms with Gasteiger partial charge in [0.05, 0.1) is 12.7 Å². The Hall–Kier alpha value is -3.43. The summed E-state index contributed by atoms with van der Waals surface area (Å²) in [6.07, 6.45) is 2.56. The van der Waals surface area contributed by atoms with E-state index in [2.05, 4.69) is 15.0 Å². The fourth-order valence-corrected chi connectivity index (χ4v) is 3.02. The molecule has 0 saturated heterocycles. The van der Waals surface area contributed by atoms with Crippen molar-refractivity contribution in [2.75, 3.05) is 6.61 Å². The van der Waals surface area contributed by atoms with Gasteiger partial charge in [-0.15, -0.1) is 0 Å². The van der Waals surface area contributed by atoms with E-state index in [0.29, 0.717) is 18.6 Å². The van der Waals surface area contributed by atoms with Gasteiger partial charge in [0.25, 0.3) is 5.91 Å². The molecule has 27 heavy (non-hydrogen) atoms. The number of imidazole rings is 1. The third-order valence-corrected chi connectivity index (χ3v) is 4.26. The molecule has 140 valence electrons. The SMILES string of the molecule is C[C@H]1CCCOc2nc(c(F)cc2C(N)=O)-n2c(=O)[nH]c3nccc(c32)O1. The lowest BCUT2D eigenvalue weighted by Gasteiger charge is -2.18. The molecular formula is C17H16FN5O4. The average Bonchev–Trinajstić information content (AvgIpc) is 2.95. The molecule has 4 rings (SSSR count). The van der Waals surface area contributed by atoms with E-state index in [1.807, 2.05) is 6.92 Å². The molecule has 3 aromatic heterocycles. The van der Waals surface area contributed by atoms with Crippen LogP contribution in [0.3, 0.4) is 0 Å². The minimum atomic E-state index is -0.904. The highest BCUT2D eigenvalue weighted by Gasteiger charge is 2.24. The first-order valence-corrected chi connectivity index (χ1v) is 8.35. The van der Waals surface area contributed by atoms with Crippen molar-refractivity contribution in [2.24, 2.45) is 5.73 Å². The molecule has 3 aromatic rings. The Bertz CT molecular complexity index is 1110. The van der Waals surface area contributed by atoms with Crippen LogP contribution in [0.4, 0.5) is 4.39 Å². The van der Waals surface area contributed by atoms with E-state index >= 15 is 0 Å². The molecule has 3 N–H and O–H groups in total. The lowest BCUT2D eigenvalue weighted by atomic mass is 10.2. The zero-order chi connectivity index (χ0) is 19.1. The van der Waals surface area contributed by atoms with Crippen molar-refractivity contribution in [3.63, 3.8) is 0 Å². The smallest absolute Gasteiger partial charge is 0.333 e. The number of nitrogens with zero attached hydrogens (tertiary/aromatic N) is 3. The van der Waals surface area contributed by atoms with Crippen LogP contribution < -0.4 is 20.9 Å². The van der Waals surface area contributed by atoms with Crippen molar-refractivity contribution in [2.45, 2.75) is 25.9 Å². The first-order valence-electron chi connectivity index (χ1n) is 8.35. The number of nitrogens with one attached hydrogen (secondary N) is 1. The van der Waals surface area contributed by atoms with Crippen molar-refractivity contribution in [3.05, 3.63) is 40.2 Å². The number of hydrogen-bond acceptors (Lipinski definition) is 6. The summed E-state index contributed by atoms with van der Waals surface area (Å²) in [6.45, 7) is 2.10. The molecule has 10 heteroatoms. The topological polar surface area (TPSA) is 125 Å². The number of aromatic nitrogens is 4. The fourth-order valence-electron chi connectivity index (χ4n) is 3.02.